The number of anilines is 2. The largest absolute Gasteiger partial charge is 0.423 e. The molecule has 1 N–H and O–H groups in total. The molecule has 2 aromatic rings. The maximum atomic E-state index is 13.3. The molecular weight excluding hydrogens is 547 g/mol. The summed E-state index contributed by atoms with van der Waals surface area (Å²) in [7, 11) is 0. The molecule has 2 unspecified atom stereocenters. The number of hydrogen-bond acceptors (Lipinski definition) is 6. The lowest BCUT2D eigenvalue weighted by Crippen LogP contribution is -2.35. The summed E-state index contributed by atoms with van der Waals surface area (Å²) in [6.45, 7) is 12.3. The van der Waals surface area contributed by atoms with Gasteiger partial charge in [-0.15, -0.1) is 0 Å². The number of carbonyl (C=O) groups excluding carboxylic acids is 1. The maximum Gasteiger partial charge on any atom is 0.423 e. The summed E-state index contributed by atoms with van der Waals surface area (Å²) in [5.74, 6) is 1.23. The van der Waals surface area contributed by atoms with Crippen LogP contribution in [0.2, 0.25) is 0 Å². The van der Waals surface area contributed by atoms with Crippen LogP contribution in [0.1, 0.15) is 52.2 Å². The van der Waals surface area contributed by atoms with Crippen molar-refractivity contribution in [3.63, 3.8) is 0 Å². The zero-order valence-electron chi connectivity index (χ0n) is 23.8. The molecule has 3 saturated heterocycles. The lowest BCUT2D eigenvalue weighted by molar-refractivity contribution is -0.388. The first-order valence-electron chi connectivity index (χ1n) is 14.3. The van der Waals surface area contributed by atoms with Crippen molar-refractivity contribution >= 4 is 23.0 Å². The van der Waals surface area contributed by atoms with Gasteiger partial charge in [-0.25, -0.2) is 0 Å². The smallest absolute Gasteiger partial charge is 0.380 e. The van der Waals surface area contributed by atoms with Crippen LogP contribution in [0.3, 0.4) is 0 Å². The first-order chi connectivity index (χ1) is 19.3. The van der Waals surface area contributed by atoms with Crippen LogP contribution in [-0.2, 0) is 16.4 Å². The number of rotatable bonds is 7. The summed E-state index contributed by atoms with van der Waals surface area (Å²) in [6.07, 6.45) is -3.81. The molecule has 0 spiro atoms. The Kier molecular flexibility index (Phi) is 9.11. The molecule has 11 heteroatoms. The molecule has 3 aliphatic heterocycles. The average Bonchev–Trinajstić information content (AvgIpc) is 3.62. The van der Waals surface area contributed by atoms with Crippen LogP contribution >= 0.6 is 0 Å². The normalized spacial score (nSPS) is 22.7. The molecule has 0 saturated carbocycles. The van der Waals surface area contributed by atoms with Gasteiger partial charge in [0.25, 0.3) is 5.69 Å². The predicted octanol–water partition coefficient (Wildman–Crippen LogP) is 6.02. The van der Waals surface area contributed by atoms with E-state index in [-0.39, 0.29) is 30.5 Å². The summed E-state index contributed by atoms with van der Waals surface area (Å²) in [5, 5.41) is 14.0. The second-order valence-electron chi connectivity index (χ2n) is 12.7. The molecule has 0 aromatic heterocycles. The van der Waals surface area contributed by atoms with Gasteiger partial charge in [0.15, 0.2) is 0 Å². The van der Waals surface area contributed by atoms with Gasteiger partial charge in [-0.05, 0) is 53.5 Å². The zero-order valence-corrected chi connectivity index (χ0v) is 23.8. The summed E-state index contributed by atoms with van der Waals surface area (Å²) in [6, 6.07) is 11.6. The van der Waals surface area contributed by atoms with Gasteiger partial charge in [0.2, 0.25) is 5.91 Å². The lowest BCUT2D eigenvalue weighted by Gasteiger charge is -2.25. The molecule has 42 heavy (non-hydrogen) atoms. The predicted molar refractivity (Wildman–Crippen MR) is 159 cm³/mol. The van der Waals surface area contributed by atoms with Crippen molar-refractivity contribution in [3.8, 4) is 0 Å². The highest BCUT2D eigenvalue weighted by atomic mass is 19.4. The van der Waals surface area contributed by atoms with Crippen LogP contribution in [-0.4, -0.2) is 72.5 Å². The van der Waals surface area contributed by atoms with Crippen LogP contribution in [0.4, 0.5) is 30.2 Å². The van der Waals surface area contributed by atoms with E-state index < -0.39 is 22.4 Å². The Morgan fingerprint density at radius 1 is 1.00 bits per heavy atom. The molecule has 0 bridgehead atoms. The van der Waals surface area contributed by atoms with Crippen molar-refractivity contribution in [2.45, 2.75) is 58.7 Å². The number of nitro benzene ring substituents is 1. The number of carbonyl (C=O) groups is 1. The summed E-state index contributed by atoms with van der Waals surface area (Å²) < 4.78 is 39.9. The summed E-state index contributed by atoms with van der Waals surface area (Å²) >= 11 is 0. The van der Waals surface area contributed by atoms with Crippen molar-refractivity contribution in [2.75, 3.05) is 56.0 Å². The number of nitro groups is 1. The Morgan fingerprint density at radius 3 is 2.21 bits per heavy atom. The van der Waals surface area contributed by atoms with Crippen molar-refractivity contribution < 1.29 is 22.9 Å². The number of amides is 1. The molecule has 3 heterocycles. The SMILES string of the molecule is C.CC(C)(C)c1ccc(N2CC3CN(CCC(=O)N4CC[C@@H](Nc5ccc([N+](=O)[O-])c(C(F)(F)F)c5)C4)CC3C2)cc1. The average molecular weight is 590 g/mol. The quantitative estimate of drug-likeness (QED) is 0.314. The van der Waals surface area contributed by atoms with Gasteiger partial charge in [0, 0.05) is 75.7 Å². The number of fused-ring (bicyclic) bond motifs is 1. The van der Waals surface area contributed by atoms with E-state index in [1.54, 1.807) is 4.90 Å². The van der Waals surface area contributed by atoms with E-state index in [0.717, 1.165) is 38.3 Å². The molecule has 1 amide bonds. The number of alkyl halides is 3. The maximum absolute atomic E-state index is 13.3. The molecule has 2 aromatic carbocycles. The van der Waals surface area contributed by atoms with E-state index in [4.69, 9.17) is 0 Å². The van der Waals surface area contributed by atoms with Crippen LogP contribution < -0.4 is 10.2 Å². The van der Waals surface area contributed by atoms with E-state index in [2.05, 4.69) is 60.2 Å². The van der Waals surface area contributed by atoms with Crippen molar-refractivity contribution in [3.05, 3.63) is 63.7 Å². The molecular formula is C31H42F3N5O3. The minimum atomic E-state index is -4.83. The number of likely N-dealkylation sites (tertiary alicyclic amines) is 2. The van der Waals surface area contributed by atoms with Crippen LogP contribution in [0, 0.1) is 22.0 Å². The van der Waals surface area contributed by atoms with Gasteiger partial charge >= 0.3 is 6.18 Å². The van der Waals surface area contributed by atoms with Crippen LogP contribution in [0.5, 0.6) is 0 Å². The number of halogens is 3. The number of hydrogen-bond donors (Lipinski definition) is 1. The van der Waals surface area contributed by atoms with Gasteiger partial charge in [-0.3, -0.25) is 14.9 Å². The molecule has 3 atom stereocenters. The molecule has 3 aliphatic rings. The van der Waals surface area contributed by atoms with Crippen molar-refractivity contribution in [2.24, 2.45) is 11.8 Å². The third-order valence-corrected chi connectivity index (χ3v) is 8.71. The third-order valence-electron chi connectivity index (χ3n) is 8.71. The Labute approximate surface area is 246 Å². The highest BCUT2D eigenvalue weighted by molar-refractivity contribution is 5.77. The third kappa shape index (κ3) is 6.99. The number of nitrogens with zero attached hydrogens (tertiary/aromatic N) is 4. The van der Waals surface area contributed by atoms with E-state index in [1.807, 2.05) is 0 Å². The van der Waals surface area contributed by atoms with E-state index in [1.165, 1.54) is 17.3 Å². The zero-order chi connectivity index (χ0) is 29.5. The standard InChI is InChI=1S/C30H38F3N5O3.CH4/c1-29(2,3)22-4-7-25(8-5-22)37-17-20-15-35(16-21(20)18-37)12-11-28(39)36-13-10-24(19-36)34-23-6-9-27(38(40)41)26(14-23)30(31,32)33;/h4-9,14,20-21,24,34H,10-13,15-19H2,1-3H3;1H4/t20?,21?,24-;/m1./s1. The first-order valence-corrected chi connectivity index (χ1v) is 14.3. The van der Waals surface area contributed by atoms with E-state index >= 15 is 0 Å². The second kappa shape index (κ2) is 12.1. The molecule has 0 aliphatic carbocycles. The highest BCUT2D eigenvalue weighted by Gasteiger charge is 2.41. The highest BCUT2D eigenvalue weighted by Crippen LogP contribution is 2.38. The van der Waals surface area contributed by atoms with E-state index in [0.29, 0.717) is 44.3 Å². The summed E-state index contributed by atoms with van der Waals surface area (Å²) in [4.78, 5) is 29.5. The fourth-order valence-electron chi connectivity index (χ4n) is 6.42. The Morgan fingerprint density at radius 2 is 1.64 bits per heavy atom. The van der Waals surface area contributed by atoms with Gasteiger partial charge in [0.1, 0.15) is 5.56 Å². The summed E-state index contributed by atoms with van der Waals surface area (Å²) in [5.41, 5.74) is 0.645. The van der Waals surface area contributed by atoms with Crippen molar-refractivity contribution in [1.29, 1.82) is 0 Å². The Hall–Kier alpha value is -3.34. The molecule has 5 rings (SSSR count). The Bertz CT molecular complexity index is 1260. The van der Waals surface area contributed by atoms with Gasteiger partial charge < -0.3 is 20.0 Å². The molecule has 0 radical (unpaired) electrons. The lowest BCUT2D eigenvalue weighted by atomic mass is 9.87. The Balaban J connectivity index is 0.00000405. The van der Waals surface area contributed by atoms with Gasteiger partial charge in [-0.2, -0.15) is 13.2 Å². The first kappa shape index (κ1) is 31.6. The molecule has 3 fully saturated rings. The van der Waals surface area contributed by atoms with E-state index in [9.17, 15) is 28.1 Å². The van der Waals surface area contributed by atoms with Crippen LogP contribution in [0.25, 0.3) is 0 Å². The molecule has 230 valence electrons. The van der Waals surface area contributed by atoms with Crippen molar-refractivity contribution in [1.82, 2.24) is 9.80 Å². The van der Waals surface area contributed by atoms with Crippen LogP contribution in [0.15, 0.2) is 42.5 Å². The fourth-order valence-corrected chi connectivity index (χ4v) is 6.42. The topological polar surface area (TPSA) is 82.0 Å². The minimum absolute atomic E-state index is 0. The molecule has 8 nitrogen and oxygen atoms in total. The fraction of sp³-hybridized carbons (Fsp3) is 0.581. The van der Waals surface area contributed by atoms with Gasteiger partial charge in [-0.1, -0.05) is 40.3 Å². The monoisotopic (exact) mass is 589 g/mol. The second-order valence-corrected chi connectivity index (χ2v) is 12.7. The minimum Gasteiger partial charge on any atom is -0.380 e. The number of nitrogens with one attached hydrogen (secondary N) is 1. The van der Waals surface area contributed by atoms with Gasteiger partial charge in [0.05, 0.1) is 4.92 Å². The number of benzene rings is 2.